The molecule has 3 unspecified atom stereocenters. The van der Waals surface area contributed by atoms with E-state index in [4.69, 9.17) is 0 Å². The van der Waals surface area contributed by atoms with E-state index >= 15 is 0 Å². The lowest BCUT2D eigenvalue weighted by Crippen LogP contribution is -2.32. The third kappa shape index (κ3) is 4.20. The summed E-state index contributed by atoms with van der Waals surface area (Å²) in [5.41, 5.74) is -0.787. The van der Waals surface area contributed by atoms with Gasteiger partial charge in [0.2, 0.25) is 0 Å². The van der Waals surface area contributed by atoms with E-state index in [-0.39, 0.29) is 23.4 Å². The second kappa shape index (κ2) is 5.96. The number of rotatable bonds is 4. The molecule has 18 heavy (non-hydrogen) atoms. The van der Waals surface area contributed by atoms with E-state index < -0.39 is 5.60 Å². The predicted octanol–water partition coefficient (Wildman–Crippen LogP) is 2.75. The van der Waals surface area contributed by atoms with Crippen LogP contribution in [0.3, 0.4) is 0 Å². The van der Waals surface area contributed by atoms with Gasteiger partial charge in [-0.2, -0.15) is 0 Å². The molecule has 0 amide bonds. The van der Waals surface area contributed by atoms with E-state index in [0.29, 0.717) is 25.2 Å². The first-order valence-corrected chi connectivity index (χ1v) is 6.96. The van der Waals surface area contributed by atoms with Crippen LogP contribution in [0.1, 0.15) is 59.8 Å². The van der Waals surface area contributed by atoms with Crippen molar-refractivity contribution in [3.8, 4) is 0 Å². The molecule has 0 aromatic carbocycles. The first-order valence-electron chi connectivity index (χ1n) is 6.96. The largest absolute Gasteiger partial charge is 0.390 e. The van der Waals surface area contributed by atoms with Crippen LogP contribution in [0.5, 0.6) is 0 Å². The molecule has 0 aliphatic heterocycles. The smallest absolute Gasteiger partial charge is 0.136 e. The van der Waals surface area contributed by atoms with Crippen LogP contribution < -0.4 is 0 Å². The molecule has 1 fully saturated rings. The summed E-state index contributed by atoms with van der Waals surface area (Å²) in [6.45, 7) is 7.23. The topological polar surface area (TPSA) is 54.4 Å². The molecule has 0 aromatic rings. The highest BCUT2D eigenvalue weighted by atomic mass is 16.3. The summed E-state index contributed by atoms with van der Waals surface area (Å²) in [4.78, 5) is 23.3. The van der Waals surface area contributed by atoms with Crippen molar-refractivity contribution in [2.24, 2.45) is 17.8 Å². The maximum atomic E-state index is 12.3. The van der Waals surface area contributed by atoms with Crippen LogP contribution in [0.15, 0.2) is 0 Å². The standard InChI is InChI=1S/C15H26O3/c1-10-5-7-12(15(3,4)18)9-14(17)13(10)8-6-11(2)16/h10,12-13,18H,5-9H2,1-4H3. The van der Waals surface area contributed by atoms with Gasteiger partial charge < -0.3 is 9.90 Å². The van der Waals surface area contributed by atoms with Gasteiger partial charge in [-0.3, -0.25) is 4.79 Å². The molecule has 0 bridgehead atoms. The highest BCUT2D eigenvalue weighted by Crippen LogP contribution is 2.36. The molecule has 3 heteroatoms. The third-order valence-corrected chi connectivity index (χ3v) is 4.32. The van der Waals surface area contributed by atoms with Crippen LogP contribution in [-0.4, -0.2) is 22.3 Å². The number of Topliss-reactive ketones (excluding diaryl/α,β-unsaturated/α-hetero) is 2. The highest BCUT2D eigenvalue weighted by molar-refractivity contribution is 5.83. The second-order valence-corrected chi connectivity index (χ2v) is 6.42. The first-order chi connectivity index (χ1) is 8.21. The Labute approximate surface area is 110 Å². The van der Waals surface area contributed by atoms with Gasteiger partial charge in [0.1, 0.15) is 11.6 Å². The molecule has 1 saturated carbocycles. The summed E-state index contributed by atoms with van der Waals surface area (Å²) in [5, 5.41) is 10.1. The zero-order chi connectivity index (χ0) is 13.9. The van der Waals surface area contributed by atoms with Gasteiger partial charge in [-0.1, -0.05) is 6.92 Å². The monoisotopic (exact) mass is 254 g/mol. The van der Waals surface area contributed by atoms with Gasteiger partial charge in [-0.05, 0) is 51.9 Å². The second-order valence-electron chi connectivity index (χ2n) is 6.42. The number of hydrogen-bond acceptors (Lipinski definition) is 3. The Morgan fingerprint density at radius 1 is 1.39 bits per heavy atom. The molecule has 0 aromatic heterocycles. The van der Waals surface area contributed by atoms with Crippen LogP contribution in [0, 0.1) is 17.8 Å². The molecular weight excluding hydrogens is 228 g/mol. The molecular formula is C15H26O3. The lowest BCUT2D eigenvalue weighted by atomic mass is 9.83. The molecule has 0 radical (unpaired) electrons. The molecule has 1 aliphatic carbocycles. The molecule has 0 saturated heterocycles. The van der Waals surface area contributed by atoms with Gasteiger partial charge in [0, 0.05) is 18.8 Å². The third-order valence-electron chi connectivity index (χ3n) is 4.32. The van der Waals surface area contributed by atoms with Gasteiger partial charge in [0.15, 0.2) is 0 Å². The van der Waals surface area contributed by atoms with Crippen molar-refractivity contribution in [1.82, 2.24) is 0 Å². The van der Waals surface area contributed by atoms with Crippen LogP contribution in [0.25, 0.3) is 0 Å². The van der Waals surface area contributed by atoms with E-state index in [1.807, 2.05) is 0 Å². The lowest BCUT2D eigenvalue weighted by molar-refractivity contribution is -0.126. The Morgan fingerprint density at radius 2 is 2.00 bits per heavy atom. The maximum absolute atomic E-state index is 12.3. The van der Waals surface area contributed by atoms with Gasteiger partial charge >= 0.3 is 0 Å². The Hall–Kier alpha value is -0.700. The maximum Gasteiger partial charge on any atom is 0.136 e. The summed E-state index contributed by atoms with van der Waals surface area (Å²) in [5.74, 6) is 0.756. The average Bonchev–Trinajstić information content (AvgIpc) is 2.35. The predicted molar refractivity (Wildman–Crippen MR) is 71.2 cm³/mol. The zero-order valence-corrected chi connectivity index (χ0v) is 12.0. The van der Waals surface area contributed by atoms with Crippen molar-refractivity contribution in [3.05, 3.63) is 0 Å². The Morgan fingerprint density at radius 3 is 2.50 bits per heavy atom. The zero-order valence-electron chi connectivity index (χ0n) is 12.0. The molecule has 3 atom stereocenters. The summed E-state index contributed by atoms with van der Waals surface area (Å²) >= 11 is 0. The summed E-state index contributed by atoms with van der Waals surface area (Å²) in [7, 11) is 0. The average molecular weight is 254 g/mol. The van der Waals surface area contributed by atoms with Crippen LogP contribution >= 0.6 is 0 Å². The SMILES string of the molecule is CC(=O)CCC1C(=O)CC(C(C)(C)O)CCC1C. The van der Waals surface area contributed by atoms with Gasteiger partial charge in [-0.25, -0.2) is 0 Å². The Balaban J connectivity index is 2.71. The van der Waals surface area contributed by atoms with Crippen molar-refractivity contribution in [3.63, 3.8) is 0 Å². The fourth-order valence-electron chi connectivity index (χ4n) is 2.89. The number of carbonyl (C=O) groups is 2. The van der Waals surface area contributed by atoms with Crippen molar-refractivity contribution in [2.45, 2.75) is 65.4 Å². The van der Waals surface area contributed by atoms with E-state index in [1.165, 1.54) is 0 Å². The molecule has 1 aliphatic rings. The van der Waals surface area contributed by atoms with Gasteiger partial charge in [-0.15, -0.1) is 0 Å². The lowest BCUT2D eigenvalue weighted by Gasteiger charge is -2.27. The fourth-order valence-corrected chi connectivity index (χ4v) is 2.89. The van der Waals surface area contributed by atoms with E-state index in [1.54, 1.807) is 20.8 Å². The van der Waals surface area contributed by atoms with Gasteiger partial charge in [0.05, 0.1) is 5.60 Å². The molecule has 104 valence electrons. The quantitative estimate of drug-likeness (QED) is 0.785. The van der Waals surface area contributed by atoms with Crippen molar-refractivity contribution < 1.29 is 14.7 Å². The fraction of sp³-hybridized carbons (Fsp3) is 0.867. The Bertz CT molecular complexity index is 314. The van der Waals surface area contributed by atoms with Crippen LogP contribution in [-0.2, 0) is 9.59 Å². The minimum absolute atomic E-state index is 0.00116. The molecule has 3 nitrogen and oxygen atoms in total. The van der Waals surface area contributed by atoms with Crippen molar-refractivity contribution in [2.75, 3.05) is 0 Å². The normalized spacial score (nSPS) is 30.1. The number of carbonyl (C=O) groups excluding carboxylic acids is 2. The van der Waals surface area contributed by atoms with Crippen LogP contribution in [0.2, 0.25) is 0 Å². The molecule has 0 heterocycles. The molecule has 1 N–H and O–H groups in total. The van der Waals surface area contributed by atoms with Crippen molar-refractivity contribution in [1.29, 1.82) is 0 Å². The number of aliphatic hydroxyl groups is 1. The number of ketones is 2. The van der Waals surface area contributed by atoms with Gasteiger partial charge in [0.25, 0.3) is 0 Å². The number of hydrogen-bond donors (Lipinski definition) is 1. The summed E-state index contributed by atoms with van der Waals surface area (Å²) in [6, 6.07) is 0. The first kappa shape index (κ1) is 15.4. The Kier molecular flexibility index (Phi) is 5.09. The van der Waals surface area contributed by atoms with Crippen LogP contribution in [0.4, 0.5) is 0 Å². The highest BCUT2D eigenvalue weighted by Gasteiger charge is 2.36. The summed E-state index contributed by atoms with van der Waals surface area (Å²) in [6.07, 6.45) is 3.48. The van der Waals surface area contributed by atoms with Crippen molar-refractivity contribution >= 4 is 11.6 Å². The van der Waals surface area contributed by atoms with E-state index in [2.05, 4.69) is 6.92 Å². The minimum Gasteiger partial charge on any atom is -0.390 e. The molecule has 0 spiro atoms. The van der Waals surface area contributed by atoms with E-state index in [9.17, 15) is 14.7 Å². The molecule has 1 rings (SSSR count). The minimum atomic E-state index is -0.787. The summed E-state index contributed by atoms with van der Waals surface area (Å²) < 4.78 is 0. The van der Waals surface area contributed by atoms with E-state index in [0.717, 1.165) is 12.8 Å².